The molecule has 1 heterocycles. The van der Waals surface area contributed by atoms with Crippen LogP contribution in [0, 0.1) is 5.92 Å². The zero-order valence-corrected chi connectivity index (χ0v) is 10.7. The second-order valence-corrected chi connectivity index (χ2v) is 5.37. The first-order valence-corrected chi connectivity index (χ1v) is 7.00. The normalized spacial score (nSPS) is 23.2. The average molecular weight is 239 g/mol. The maximum Gasteiger partial charge on any atom is 0.222 e. The molecular weight excluding hydrogens is 214 g/mol. The Labute approximate surface area is 104 Å². The lowest BCUT2D eigenvalue weighted by Gasteiger charge is -2.35. The minimum absolute atomic E-state index is 0.379. The van der Waals surface area contributed by atoms with Crippen LogP contribution >= 0.6 is 0 Å². The summed E-state index contributed by atoms with van der Waals surface area (Å²) in [6, 6.07) is 0. The average Bonchev–Trinajstić information content (AvgIpc) is 2.83. The first-order valence-electron chi connectivity index (χ1n) is 7.00. The van der Waals surface area contributed by atoms with E-state index < -0.39 is 0 Å². The molecule has 17 heavy (non-hydrogen) atoms. The van der Waals surface area contributed by atoms with Gasteiger partial charge in [0, 0.05) is 45.7 Å². The number of piperazine rings is 1. The molecule has 0 bridgehead atoms. The zero-order chi connectivity index (χ0) is 12.1. The first-order chi connectivity index (χ1) is 8.29. The van der Waals surface area contributed by atoms with Gasteiger partial charge in [-0.15, -0.1) is 0 Å². The van der Waals surface area contributed by atoms with E-state index in [1.54, 1.807) is 0 Å². The van der Waals surface area contributed by atoms with Crippen LogP contribution in [-0.2, 0) is 4.79 Å². The highest BCUT2D eigenvalue weighted by Crippen LogP contribution is 2.28. The topological polar surface area (TPSA) is 49.6 Å². The molecule has 0 aromatic heterocycles. The second kappa shape index (κ2) is 6.36. The summed E-state index contributed by atoms with van der Waals surface area (Å²) in [5.74, 6) is 1.05. The van der Waals surface area contributed by atoms with Gasteiger partial charge in [0.15, 0.2) is 0 Å². The van der Waals surface area contributed by atoms with Crippen molar-refractivity contribution in [3.05, 3.63) is 0 Å². The Balaban J connectivity index is 1.70. The Morgan fingerprint density at radius 3 is 2.35 bits per heavy atom. The van der Waals surface area contributed by atoms with E-state index in [-0.39, 0.29) is 0 Å². The van der Waals surface area contributed by atoms with E-state index in [0.29, 0.717) is 11.8 Å². The molecule has 4 heteroatoms. The van der Waals surface area contributed by atoms with Crippen molar-refractivity contribution in [3.8, 4) is 0 Å². The molecule has 4 nitrogen and oxygen atoms in total. The fourth-order valence-electron chi connectivity index (χ4n) is 2.99. The molecule has 0 spiro atoms. The van der Waals surface area contributed by atoms with E-state index in [0.717, 1.165) is 45.7 Å². The van der Waals surface area contributed by atoms with Gasteiger partial charge in [0.05, 0.1) is 0 Å². The van der Waals surface area contributed by atoms with Crippen molar-refractivity contribution in [3.63, 3.8) is 0 Å². The van der Waals surface area contributed by atoms with Crippen LogP contribution in [-0.4, -0.2) is 55.0 Å². The zero-order valence-electron chi connectivity index (χ0n) is 10.7. The largest absolute Gasteiger partial charge is 0.340 e. The van der Waals surface area contributed by atoms with E-state index in [1.165, 1.54) is 25.7 Å². The van der Waals surface area contributed by atoms with Crippen LogP contribution in [0.5, 0.6) is 0 Å². The van der Waals surface area contributed by atoms with Gasteiger partial charge in [-0.3, -0.25) is 9.69 Å². The van der Waals surface area contributed by atoms with Gasteiger partial charge < -0.3 is 10.6 Å². The number of hydrogen-bond acceptors (Lipinski definition) is 3. The van der Waals surface area contributed by atoms with Gasteiger partial charge in [-0.25, -0.2) is 0 Å². The van der Waals surface area contributed by atoms with Gasteiger partial charge >= 0.3 is 0 Å². The fraction of sp³-hybridized carbons (Fsp3) is 0.923. The van der Waals surface area contributed by atoms with Gasteiger partial charge in [0.25, 0.3) is 0 Å². The highest BCUT2D eigenvalue weighted by Gasteiger charge is 2.24. The summed E-state index contributed by atoms with van der Waals surface area (Å²) >= 11 is 0. The number of amides is 1. The SMILES string of the molecule is NCCN1CCN(C(=O)CC2CCCC2)CC1. The minimum Gasteiger partial charge on any atom is -0.340 e. The van der Waals surface area contributed by atoms with Gasteiger partial charge in [-0.2, -0.15) is 0 Å². The van der Waals surface area contributed by atoms with Crippen LogP contribution in [0.1, 0.15) is 32.1 Å². The maximum atomic E-state index is 12.1. The van der Waals surface area contributed by atoms with Crippen molar-refractivity contribution < 1.29 is 4.79 Å². The molecule has 98 valence electrons. The van der Waals surface area contributed by atoms with Crippen LogP contribution in [0.4, 0.5) is 0 Å². The number of carbonyl (C=O) groups excluding carboxylic acids is 1. The molecule has 1 saturated carbocycles. The first kappa shape index (κ1) is 12.8. The maximum absolute atomic E-state index is 12.1. The number of nitrogens with zero attached hydrogens (tertiary/aromatic N) is 2. The smallest absolute Gasteiger partial charge is 0.222 e. The van der Waals surface area contributed by atoms with Crippen molar-refractivity contribution >= 4 is 5.91 Å². The number of carbonyl (C=O) groups is 1. The summed E-state index contributed by atoms with van der Waals surface area (Å²) in [6.07, 6.45) is 5.96. The molecule has 0 aromatic carbocycles. The molecule has 1 aliphatic carbocycles. The van der Waals surface area contributed by atoms with E-state index >= 15 is 0 Å². The highest BCUT2D eigenvalue weighted by molar-refractivity contribution is 5.76. The van der Waals surface area contributed by atoms with E-state index in [2.05, 4.69) is 4.90 Å². The van der Waals surface area contributed by atoms with E-state index in [4.69, 9.17) is 5.73 Å². The summed E-state index contributed by atoms with van der Waals surface area (Å²) in [5, 5.41) is 0. The molecule has 1 aliphatic heterocycles. The Kier molecular flexibility index (Phi) is 4.80. The van der Waals surface area contributed by atoms with Crippen LogP contribution in [0.2, 0.25) is 0 Å². The third kappa shape index (κ3) is 3.68. The minimum atomic E-state index is 0.379. The van der Waals surface area contributed by atoms with Crippen molar-refractivity contribution in [1.29, 1.82) is 0 Å². The lowest BCUT2D eigenvalue weighted by atomic mass is 10.0. The van der Waals surface area contributed by atoms with Crippen molar-refractivity contribution in [2.24, 2.45) is 11.7 Å². The molecule has 2 N–H and O–H groups in total. The summed E-state index contributed by atoms with van der Waals surface area (Å²) < 4.78 is 0. The summed E-state index contributed by atoms with van der Waals surface area (Å²) in [5.41, 5.74) is 5.54. The Bertz CT molecular complexity index is 243. The molecule has 1 saturated heterocycles. The van der Waals surface area contributed by atoms with Gasteiger partial charge in [-0.05, 0) is 18.8 Å². The standard InChI is InChI=1S/C13H25N3O/c14-5-6-15-7-9-16(10-8-15)13(17)11-12-3-1-2-4-12/h12H,1-11,14H2. The number of rotatable bonds is 4. The van der Waals surface area contributed by atoms with Gasteiger partial charge in [-0.1, -0.05) is 12.8 Å². The predicted octanol–water partition coefficient (Wildman–Crippen LogP) is 0.670. The molecule has 0 atom stereocenters. The second-order valence-electron chi connectivity index (χ2n) is 5.37. The Morgan fingerprint density at radius 1 is 1.12 bits per heavy atom. The van der Waals surface area contributed by atoms with E-state index in [9.17, 15) is 4.79 Å². The lowest BCUT2D eigenvalue weighted by molar-refractivity contribution is -0.133. The van der Waals surface area contributed by atoms with Crippen molar-refractivity contribution in [2.75, 3.05) is 39.3 Å². The molecule has 2 fully saturated rings. The van der Waals surface area contributed by atoms with Gasteiger partial charge in [0.2, 0.25) is 5.91 Å². The van der Waals surface area contributed by atoms with Crippen LogP contribution in [0.15, 0.2) is 0 Å². The highest BCUT2D eigenvalue weighted by atomic mass is 16.2. The summed E-state index contributed by atoms with van der Waals surface area (Å²) in [4.78, 5) is 16.5. The fourth-order valence-corrected chi connectivity index (χ4v) is 2.99. The van der Waals surface area contributed by atoms with Crippen molar-refractivity contribution in [1.82, 2.24) is 9.80 Å². The van der Waals surface area contributed by atoms with Crippen LogP contribution in [0.25, 0.3) is 0 Å². The van der Waals surface area contributed by atoms with E-state index in [1.807, 2.05) is 4.90 Å². The third-order valence-corrected chi connectivity index (χ3v) is 4.11. The van der Waals surface area contributed by atoms with Crippen LogP contribution in [0.3, 0.4) is 0 Å². The molecule has 0 radical (unpaired) electrons. The molecule has 2 rings (SSSR count). The third-order valence-electron chi connectivity index (χ3n) is 4.11. The predicted molar refractivity (Wildman–Crippen MR) is 68.6 cm³/mol. The molecule has 0 unspecified atom stereocenters. The Hall–Kier alpha value is -0.610. The summed E-state index contributed by atoms with van der Waals surface area (Å²) in [6.45, 7) is 5.46. The molecule has 1 amide bonds. The van der Waals surface area contributed by atoms with Crippen molar-refractivity contribution in [2.45, 2.75) is 32.1 Å². The molecule has 0 aromatic rings. The lowest BCUT2D eigenvalue weighted by Crippen LogP contribution is -2.49. The molecule has 2 aliphatic rings. The molecular formula is C13H25N3O. The quantitative estimate of drug-likeness (QED) is 0.784. The number of hydrogen-bond donors (Lipinski definition) is 1. The van der Waals surface area contributed by atoms with Crippen LogP contribution < -0.4 is 5.73 Å². The van der Waals surface area contributed by atoms with Gasteiger partial charge in [0.1, 0.15) is 0 Å². The monoisotopic (exact) mass is 239 g/mol. The Morgan fingerprint density at radius 2 is 1.76 bits per heavy atom. The number of nitrogens with two attached hydrogens (primary N) is 1. The summed E-state index contributed by atoms with van der Waals surface area (Å²) in [7, 11) is 0.